The number of aliphatic hydroxyl groups excluding tert-OH is 1. The number of aromatic nitrogens is 3. The summed E-state index contributed by atoms with van der Waals surface area (Å²) in [6.07, 6.45) is 1.82. The zero-order chi connectivity index (χ0) is 22.6. The van der Waals surface area contributed by atoms with Gasteiger partial charge in [0, 0.05) is 55.4 Å². The van der Waals surface area contributed by atoms with Gasteiger partial charge >= 0.3 is 5.97 Å². The summed E-state index contributed by atoms with van der Waals surface area (Å²) in [6.45, 7) is 3.99. The van der Waals surface area contributed by atoms with Crippen molar-refractivity contribution in [2.45, 2.75) is 26.4 Å². The molecule has 3 aromatic heterocycles. The maximum atomic E-state index is 12.4. The van der Waals surface area contributed by atoms with Gasteiger partial charge < -0.3 is 25.2 Å². The monoisotopic (exact) mass is 447 g/mol. The number of benzene rings is 2. The number of nitrogens with one attached hydrogen (secondary N) is 3. The van der Waals surface area contributed by atoms with E-state index in [4.69, 9.17) is 11.6 Å². The largest absolute Gasteiger partial charge is 0.477 e. The minimum absolute atomic E-state index is 0.0149. The molecule has 0 unspecified atom stereocenters. The average Bonchev–Trinajstić information content (AvgIpc) is 3.49. The van der Waals surface area contributed by atoms with E-state index in [0.717, 1.165) is 38.6 Å². The quantitative estimate of drug-likeness (QED) is 0.219. The van der Waals surface area contributed by atoms with Crippen LogP contribution in [0.25, 0.3) is 44.2 Å². The lowest BCUT2D eigenvalue weighted by atomic mass is 9.89. The number of aromatic amines is 3. The minimum Gasteiger partial charge on any atom is -0.477 e. The zero-order valence-electron chi connectivity index (χ0n) is 17.6. The van der Waals surface area contributed by atoms with Gasteiger partial charge in [0.2, 0.25) is 0 Å². The fraction of sp³-hybridized carbons (Fsp3) is 0.160. The fourth-order valence-electron chi connectivity index (χ4n) is 4.60. The Kier molecular flexibility index (Phi) is 4.84. The first-order valence-corrected chi connectivity index (χ1v) is 10.8. The smallest absolute Gasteiger partial charge is 0.352 e. The average molecular weight is 448 g/mol. The number of hydrogen-bond acceptors (Lipinski definition) is 2. The molecule has 0 radical (unpaired) electrons. The molecule has 0 fully saturated rings. The summed E-state index contributed by atoms with van der Waals surface area (Å²) in [5.74, 6) is -1.03. The lowest BCUT2D eigenvalue weighted by Gasteiger charge is -2.14. The van der Waals surface area contributed by atoms with E-state index in [-0.39, 0.29) is 18.2 Å². The highest BCUT2D eigenvalue weighted by Crippen LogP contribution is 2.46. The van der Waals surface area contributed by atoms with Gasteiger partial charge in [-0.15, -0.1) is 0 Å². The van der Waals surface area contributed by atoms with E-state index in [1.807, 2.05) is 56.4 Å². The molecule has 32 heavy (non-hydrogen) atoms. The Balaban J connectivity index is 1.90. The third kappa shape index (κ3) is 3.03. The number of fused-ring (bicyclic) bond motifs is 2. The molecule has 7 heteroatoms. The molecule has 0 saturated heterocycles. The second-order valence-electron chi connectivity index (χ2n) is 8.20. The molecule has 0 saturated carbocycles. The van der Waals surface area contributed by atoms with Crippen molar-refractivity contribution in [2.75, 3.05) is 0 Å². The number of aromatic carboxylic acids is 1. The van der Waals surface area contributed by atoms with Gasteiger partial charge in [0.25, 0.3) is 0 Å². The van der Waals surface area contributed by atoms with Crippen molar-refractivity contribution in [1.82, 2.24) is 15.0 Å². The van der Waals surface area contributed by atoms with Crippen LogP contribution in [0.3, 0.4) is 0 Å². The summed E-state index contributed by atoms with van der Waals surface area (Å²) < 4.78 is 0. The molecule has 3 heterocycles. The third-order valence-corrected chi connectivity index (χ3v) is 6.24. The highest BCUT2D eigenvalue weighted by atomic mass is 35.5. The molecule has 162 valence electrons. The van der Waals surface area contributed by atoms with Crippen LogP contribution in [0, 0.1) is 0 Å². The van der Waals surface area contributed by atoms with Gasteiger partial charge in [-0.25, -0.2) is 4.79 Å². The second kappa shape index (κ2) is 7.58. The molecule has 0 spiro atoms. The topological polar surface area (TPSA) is 105 Å². The Morgan fingerprint density at radius 2 is 1.84 bits per heavy atom. The van der Waals surface area contributed by atoms with Gasteiger partial charge in [0.05, 0.1) is 12.3 Å². The predicted molar refractivity (Wildman–Crippen MR) is 127 cm³/mol. The van der Waals surface area contributed by atoms with Gasteiger partial charge in [0.15, 0.2) is 0 Å². The third-order valence-electron chi connectivity index (χ3n) is 5.92. The Morgan fingerprint density at radius 3 is 2.56 bits per heavy atom. The van der Waals surface area contributed by atoms with Gasteiger partial charge in [-0.2, -0.15) is 0 Å². The Hall–Kier alpha value is -3.48. The van der Waals surface area contributed by atoms with Crippen LogP contribution < -0.4 is 0 Å². The molecule has 0 aliphatic rings. The molecular formula is C25H22ClN3O3. The minimum atomic E-state index is -1.05. The van der Waals surface area contributed by atoms with Crippen molar-refractivity contribution < 1.29 is 15.0 Å². The molecular weight excluding hydrogens is 426 g/mol. The van der Waals surface area contributed by atoms with Crippen molar-refractivity contribution in [1.29, 1.82) is 0 Å². The number of carbonyl (C=O) groups is 1. The first kappa shape index (κ1) is 20.4. The van der Waals surface area contributed by atoms with Crippen LogP contribution in [0.15, 0.2) is 48.7 Å². The van der Waals surface area contributed by atoms with Crippen LogP contribution in [-0.2, 0) is 6.61 Å². The Bertz CT molecular complexity index is 1490. The van der Waals surface area contributed by atoms with E-state index in [1.54, 1.807) is 6.07 Å². The van der Waals surface area contributed by atoms with Crippen molar-refractivity contribution in [3.8, 4) is 22.4 Å². The number of carboxylic acid groups (broad SMARTS) is 1. The van der Waals surface area contributed by atoms with Crippen molar-refractivity contribution >= 4 is 39.4 Å². The Labute approximate surface area is 188 Å². The summed E-state index contributed by atoms with van der Waals surface area (Å²) in [6, 6.07) is 13.3. The summed E-state index contributed by atoms with van der Waals surface area (Å²) in [5, 5.41) is 22.0. The second-order valence-corrected chi connectivity index (χ2v) is 8.61. The van der Waals surface area contributed by atoms with Crippen LogP contribution in [0.5, 0.6) is 0 Å². The van der Waals surface area contributed by atoms with Crippen molar-refractivity contribution in [3.63, 3.8) is 0 Å². The number of rotatable bonds is 5. The summed E-state index contributed by atoms with van der Waals surface area (Å²) >= 11 is 6.67. The first-order valence-electron chi connectivity index (χ1n) is 10.4. The number of carboxylic acids is 1. The molecule has 0 aliphatic heterocycles. The van der Waals surface area contributed by atoms with Gasteiger partial charge in [-0.05, 0) is 41.8 Å². The molecule has 5 aromatic rings. The first-order chi connectivity index (χ1) is 15.4. The highest BCUT2D eigenvalue weighted by molar-refractivity contribution is 6.35. The summed E-state index contributed by atoms with van der Waals surface area (Å²) in [7, 11) is 0. The molecule has 0 aliphatic carbocycles. The number of halogens is 1. The predicted octanol–water partition coefficient (Wildman–Crippen LogP) is 6.28. The molecule has 0 atom stereocenters. The van der Waals surface area contributed by atoms with Crippen LogP contribution in [0.2, 0.25) is 5.02 Å². The van der Waals surface area contributed by atoms with E-state index >= 15 is 0 Å². The lowest BCUT2D eigenvalue weighted by Crippen LogP contribution is -2.00. The lowest BCUT2D eigenvalue weighted by molar-refractivity contribution is 0.0692. The van der Waals surface area contributed by atoms with E-state index in [1.165, 1.54) is 0 Å². The zero-order valence-corrected chi connectivity index (χ0v) is 18.3. The maximum Gasteiger partial charge on any atom is 0.352 e. The molecule has 6 nitrogen and oxygen atoms in total. The summed E-state index contributed by atoms with van der Waals surface area (Å²) in [4.78, 5) is 22.0. The van der Waals surface area contributed by atoms with Gasteiger partial charge in [-0.1, -0.05) is 37.6 Å². The summed E-state index contributed by atoms with van der Waals surface area (Å²) in [5.41, 5.74) is 6.37. The van der Waals surface area contributed by atoms with E-state index in [0.29, 0.717) is 21.8 Å². The van der Waals surface area contributed by atoms with Gasteiger partial charge in [-0.3, -0.25) is 0 Å². The highest BCUT2D eigenvalue weighted by Gasteiger charge is 2.28. The van der Waals surface area contributed by atoms with Crippen LogP contribution in [0.4, 0.5) is 0 Å². The molecule has 2 aromatic carbocycles. The van der Waals surface area contributed by atoms with Crippen molar-refractivity contribution in [3.05, 3.63) is 70.6 Å². The van der Waals surface area contributed by atoms with E-state index in [2.05, 4.69) is 15.0 Å². The van der Waals surface area contributed by atoms with Crippen LogP contribution >= 0.6 is 11.6 Å². The number of hydrogen-bond donors (Lipinski definition) is 5. The number of H-pyrrole nitrogens is 3. The van der Waals surface area contributed by atoms with Crippen molar-refractivity contribution in [2.24, 2.45) is 0 Å². The van der Waals surface area contributed by atoms with Crippen LogP contribution in [-0.4, -0.2) is 31.1 Å². The van der Waals surface area contributed by atoms with E-state index < -0.39 is 5.97 Å². The van der Waals surface area contributed by atoms with Crippen LogP contribution in [0.1, 0.15) is 41.5 Å². The SMILES string of the molecule is CC(C)c1c(-c2cccc3[nH]c(CO)cc23)[nH]c(C(=O)O)c1-c1c(Cl)ccc2[nH]ccc12. The number of aliphatic hydroxyl groups is 1. The molecule has 5 rings (SSSR count). The normalized spacial score (nSPS) is 11.8. The molecule has 0 bridgehead atoms. The fourth-order valence-corrected chi connectivity index (χ4v) is 4.86. The maximum absolute atomic E-state index is 12.4. The standard InChI is InChI=1S/C25H22ClN3O3/c1-12(2)20-22(21-15-8-9-27-18(15)7-6-17(21)26)24(25(31)32)29-23(20)14-4-3-5-19-16(14)10-13(11-30)28-19/h3-10,12,27-30H,11H2,1-2H3,(H,31,32). The van der Waals surface area contributed by atoms with E-state index in [9.17, 15) is 15.0 Å². The Morgan fingerprint density at radius 1 is 1.03 bits per heavy atom. The molecule has 0 amide bonds. The van der Waals surface area contributed by atoms with Gasteiger partial charge in [0.1, 0.15) is 5.69 Å². The molecule has 5 N–H and O–H groups in total.